The van der Waals surface area contributed by atoms with Crippen LogP contribution in [0.25, 0.3) is 0 Å². The molecule has 0 spiro atoms. The Morgan fingerprint density at radius 3 is 2.65 bits per heavy atom. The molecule has 0 aliphatic rings. The molecular weight excluding hydrogens is 218 g/mol. The van der Waals surface area contributed by atoms with Gasteiger partial charge in [0.25, 0.3) is 0 Å². The van der Waals surface area contributed by atoms with Crippen LogP contribution in [0, 0.1) is 0 Å². The number of carbonyl (C=O) groups excluding carboxylic acids is 2. The van der Waals surface area contributed by atoms with Crippen molar-refractivity contribution < 1.29 is 17.1 Å². The van der Waals surface area contributed by atoms with Crippen LogP contribution in [-0.2, 0) is 20.7 Å². The highest BCUT2D eigenvalue weighted by Crippen LogP contribution is 2.04. The maximum atomic E-state index is 11.9. The topological polar surface area (TPSA) is 55.4 Å². The molecule has 4 heteroatoms. The average Bonchev–Trinajstić information content (AvgIpc) is 2.38. The highest BCUT2D eigenvalue weighted by atomic mass is 16.5. The van der Waals surface area contributed by atoms with E-state index in [-0.39, 0.29) is 6.61 Å². The van der Waals surface area contributed by atoms with Gasteiger partial charge in [0, 0.05) is 14.7 Å². The first-order valence-electron chi connectivity index (χ1n) is 6.42. The molecule has 0 saturated carbocycles. The number of hydrogen-bond acceptors (Lipinski definition) is 3. The van der Waals surface area contributed by atoms with Gasteiger partial charge in [-0.25, -0.2) is 4.79 Å². The van der Waals surface area contributed by atoms with Crippen LogP contribution >= 0.6 is 0 Å². The maximum Gasteiger partial charge on any atom is 0.328 e. The first-order valence-corrected chi connectivity index (χ1v) is 5.35. The maximum absolute atomic E-state index is 11.9. The molecule has 1 N–H and O–H groups in total. The van der Waals surface area contributed by atoms with Gasteiger partial charge in [-0.3, -0.25) is 4.79 Å². The van der Waals surface area contributed by atoms with Crippen molar-refractivity contribution in [3.05, 3.63) is 35.9 Å². The summed E-state index contributed by atoms with van der Waals surface area (Å²) in [7, 11) is 0. The number of ether oxygens (including phenoxy) is 1. The fraction of sp³-hybridized carbons (Fsp3) is 0.385. The van der Waals surface area contributed by atoms with Crippen molar-refractivity contribution in [2.24, 2.45) is 0 Å². The van der Waals surface area contributed by atoms with Crippen molar-refractivity contribution in [3.8, 4) is 0 Å². The highest BCUT2D eigenvalue weighted by Gasteiger charge is 2.20. The van der Waals surface area contributed by atoms with Crippen molar-refractivity contribution in [2.75, 3.05) is 6.61 Å². The quantitative estimate of drug-likeness (QED) is 0.785. The van der Waals surface area contributed by atoms with E-state index in [0.717, 1.165) is 0 Å². The summed E-state index contributed by atoms with van der Waals surface area (Å²) in [6.07, 6.45) is -1.27. The lowest BCUT2D eigenvalue weighted by Gasteiger charge is -2.16. The monoisotopic (exact) mass is 237 g/mol. The zero-order chi connectivity index (χ0) is 14.5. The molecule has 0 aromatic heterocycles. The third-order valence-electron chi connectivity index (χ3n) is 1.92. The molecule has 1 amide bonds. The molecule has 0 bridgehead atoms. The van der Waals surface area contributed by atoms with Crippen LogP contribution in [-0.4, -0.2) is 24.5 Å². The van der Waals surface area contributed by atoms with Gasteiger partial charge < -0.3 is 10.1 Å². The molecule has 4 nitrogen and oxygen atoms in total. The minimum Gasteiger partial charge on any atom is -0.464 e. The largest absolute Gasteiger partial charge is 0.464 e. The predicted molar refractivity (Wildman–Crippen MR) is 64.4 cm³/mol. The lowest BCUT2D eigenvalue weighted by Crippen LogP contribution is -2.42. The third-order valence-corrected chi connectivity index (χ3v) is 1.92. The van der Waals surface area contributed by atoms with Gasteiger partial charge in [0.1, 0.15) is 6.02 Å². The number of amides is 1. The van der Waals surface area contributed by atoms with Crippen LogP contribution in [0.1, 0.15) is 22.2 Å². The number of esters is 1. The van der Waals surface area contributed by atoms with Crippen LogP contribution < -0.4 is 5.32 Å². The van der Waals surface area contributed by atoms with Crippen LogP contribution in [0.15, 0.2) is 30.3 Å². The van der Waals surface area contributed by atoms with Crippen molar-refractivity contribution in [3.63, 3.8) is 0 Å². The lowest BCUT2D eigenvalue weighted by atomic mass is 10.1. The third kappa shape index (κ3) is 4.68. The summed E-state index contributed by atoms with van der Waals surface area (Å²) in [6, 6.07) is 6.28. The molecule has 2 atom stereocenters. The summed E-state index contributed by atoms with van der Waals surface area (Å²) < 4.78 is 21.0. The number of benzene rings is 1. The summed E-state index contributed by atoms with van der Waals surface area (Å²) in [5.74, 6) is -1.50. The Labute approximate surface area is 104 Å². The molecule has 92 valence electrons. The normalized spacial score (nSPS) is 17.1. The van der Waals surface area contributed by atoms with E-state index in [1.807, 2.05) is 0 Å². The molecule has 1 rings (SSSR count). The zero-order valence-electron chi connectivity index (χ0n) is 11.9. The van der Waals surface area contributed by atoms with Crippen molar-refractivity contribution >= 4 is 11.9 Å². The fourth-order valence-electron chi connectivity index (χ4n) is 1.26. The van der Waals surface area contributed by atoms with Crippen LogP contribution in [0.3, 0.4) is 0 Å². The molecule has 17 heavy (non-hydrogen) atoms. The Morgan fingerprint density at radius 2 is 2.12 bits per heavy atom. The fourth-order valence-corrected chi connectivity index (χ4v) is 1.26. The number of nitrogens with one attached hydrogen (secondary N) is 1. The van der Waals surface area contributed by atoms with E-state index in [0.29, 0.717) is 5.56 Å². The second kappa shape index (κ2) is 6.68. The Hall–Kier alpha value is -1.84. The van der Waals surface area contributed by atoms with Gasteiger partial charge in [-0.05, 0) is 12.5 Å². The minimum atomic E-state index is -2.15. The number of rotatable bonds is 5. The Kier molecular flexibility index (Phi) is 4.06. The van der Waals surface area contributed by atoms with Gasteiger partial charge in [-0.15, -0.1) is 0 Å². The molecule has 0 aliphatic carbocycles. The van der Waals surface area contributed by atoms with Crippen LogP contribution in [0.2, 0.25) is 0 Å². The smallest absolute Gasteiger partial charge is 0.328 e. The van der Waals surface area contributed by atoms with E-state index >= 15 is 0 Å². The number of carbonyl (C=O) groups is 2. The average molecular weight is 237 g/mol. The van der Waals surface area contributed by atoms with Crippen molar-refractivity contribution in [1.82, 2.24) is 5.32 Å². The first kappa shape index (κ1) is 10.3. The number of hydrogen-bond donors (Lipinski definition) is 1. The second-order valence-corrected chi connectivity index (χ2v) is 3.37. The van der Waals surface area contributed by atoms with Crippen molar-refractivity contribution in [1.29, 1.82) is 0 Å². The highest BCUT2D eigenvalue weighted by molar-refractivity contribution is 5.83. The minimum absolute atomic E-state index is 0.0839. The molecule has 0 radical (unpaired) electrons. The SMILES string of the molecule is [2H]C(c1ccccc1)C([2H])(NC(C)=O)C(=O)OCC. The molecule has 0 saturated heterocycles. The second-order valence-electron chi connectivity index (χ2n) is 3.37. The molecule has 1 aromatic rings. The molecule has 0 fully saturated rings. The van der Waals surface area contributed by atoms with E-state index in [1.54, 1.807) is 37.3 Å². The Morgan fingerprint density at radius 1 is 1.47 bits per heavy atom. The lowest BCUT2D eigenvalue weighted by molar-refractivity contribution is -0.147. The first-order chi connectivity index (χ1) is 8.91. The van der Waals surface area contributed by atoms with Crippen molar-refractivity contribution in [2.45, 2.75) is 26.3 Å². The summed E-state index contributed by atoms with van der Waals surface area (Å²) >= 11 is 0. The summed E-state index contributed by atoms with van der Waals surface area (Å²) in [5, 5.41) is 2.20. The summed E-state index contributed by atoms with van der Waals surface area (Å²) in [4.78, 5) is 23.1. The van der Waals surface area contributed by atoms with E-state index in [9.17, 15) is 9.59 Å². The van der Waals surface area contributed by atoms with Crippen LogP contribution in [0.4, 0.5) is 0 Å². The molecule has 0 heterocycles. The van der Waals surface area contributed by atoms with Gasteiger partial charge >= 0.3 is 5.97 Å². The Balaban J connectivity index is 3.09. The summed E-state index contributed by atoms with van der Waals surface area (Å²) in [6.45, 7) is 2.88. The summed E-state index contributed by atoms with van der Waals surface area (Å²) in [5.41, 5.74) is 0.458. The van der Waals surface area contributed by atoms with Gasteiger partial charge in [0.05, 0.1) is 7.98 Å². The van der Waals surface area contributed by atoms with Crippen LogP contribution in [0.5, 0.6) is 0 Å². The van der Waals surface area contributed by atoms with E-state index in [2.05, 4.69) is 5.32 Å². The standard InChI is InChI=1S/C13H17NO3/c1-3-17-13(16)12(14-10(2)15)9-11-7-5-4-6-8-11/h4-8,12H,3,9H2,1-2H3,(H,14,15)/i9D,12D. The Bertz CT molecular complexity index is 452. The van der Waals surface area contributed by atoms with Gasteiger partial charge in [-0.2, -0.15) is 0 Å². The predicted octanol–water partition coefficient (Wildman–Crippen LogP) is 1.30. The molecule has 2 unspecified atom stereocenters. The van der Waals surface area contributed by atoms with Gasteiger partial charge in [0.2, 0.25) is 5.91 Å². The molecular formula is C13H17NO3. The van der Waals surface area contributed by atoms with Gasteiger partial charge in [-0.1, -0.05) is 30.3 Å². The van der Waals surface area contributed by atoms with E-state index < -0.39 is 24.3 Å². The molecule has 1 aromatic carbocycles. The van der Waals surface area contributed by atoms with E-state index in [4.69, 9.17) is 7.48 Å². The van der Waals surface area contributed by atoms with Gasteiger partial charge in [0.15, 0.2) is 0 Å². The zero-order valence-corrected chi connectivity index (χ0v) is 9.90. The van der Waals surface area contributed by atoms with E-state index in [1.165, 1.54) is 6.92 Å². The molecule has 0 aliphatic heterocycles.